The minimum absolute atomic E-state index is 0.0300. The van der Waals surface area contributed by atoms with E-state index in [-0.39, 0.29) is 12.2 Å². The van der Waals surface area contributed by atoms with E-state index in [0.717, 1.165) is 0 Å². The number of Topliss-reactive ketones (excluding diaryl/α,β-unsaturated/α-hetero) is 1. The van der Waals surface area contributed by atoms with Gasteiger partial charge in [0.15, 0.2) is 5.78 Å². The quantitative estimate of drug-likeness (QED) is 0.739. The highest BCUT2D eigenvalue weighted by atomic mass is 16.5. The number of methoxy groups -OCH3 is 1. The van der Waals surface area contributed by atoms with Gasteiger partial charge in [0.2, 0.25) is 5.88 Å². The number of hydrogen-bond acceptors (Lipinski definition) is 5. The van der Waals surface area contributed by atoms with Gasteiger partial charge in [-0.25, -0.2) is 0 Å². The Morgan fingerprint density at radius 2 is 2.18 bits per heavy atom. The molecule has 5 nitrogen and oxygen atoms in total. The first-order chi connectivity index (χ1) is 8.29. The number of nitrogens with zero attached hydrogens (tertiary/aromatic N) is 3. The number of hydrogen-bond donors (Lipinski definition) is 0. The fourth-order valence-electron chi connectivity index (χ4n) is 1.35. The maximum Gasteiger partial charge on any atom is 0.233 e. The summed E-state index contributed by atoms with van der Waals surface area (Å²) in [5.41, 5.74) is 1.18. The van der Waals surface area contributed by atoms with E-state index in [4.69, 9.17) is 4.74 Å². The van der Waals surface area contributed by atoms with Crippen LogP contribution in [0.1, 0.15) is 16.1 Å². The van der Waals surface area contributed by atoms with Crippen molar-refractivity contribution in [2.75, 3.05) is 7.11 Å². The zero-order valence-corrected chi connectivity index (χ0v) is 9.33. The van der Waals surface area contributed by atoms with Crippen LogP contribution < -0.4 is 4.74 Å². The second-order valence-electron chi connectivity index (χ2n) is 3.41. The van der Waals surface area contributed by atoms with E-state index in [1.807, 2.05) is 0 Å². The van der Waals surface area contributed by atoms with Crippen LogP contribution in [-0.4, -0.2) is 28.1 Å². The van der Waals surface area contributed by atoms with E-state index in [9.17, 15) is 4.79 Å². The van der Waals surface area contributed by atoms with Crippen LogP contribution in [-0.2, 0) is 6.42 Å². The number of carbonyl (C=O) groups is 1. The lowest BCUT2D eigenvalue weighted by Crippen LogP contribution is -2.06. The van der Waals surface area contributed by atoms with Gasteiger partial charge in [0.05, 0.1) is 19.2 Å². The first kappa shape index (κ1) is 11.2. The van der Waals surface area contributed by atoms with Gasteiger partial charge in [-0.3, -0.25) is 9.78 Å². The van der Waals surface area contributed by atoms with Crippen molar-refractivity contribution in [2.45, 2.75) is 6.42 Å². The van der Waals surface area contributed by atoms with E-state index in [0.29, 0.717) is 17.1 Å². The number of ketones is 1. The molecule has 0 amide bonds. The maximum absolute atomic E-state index is 11.8. The van der Waals surface area contributed by atoms with Gasteiger partial charge in [0.25, 0.3) is 0 Å². The minimum Gasteiger partial charge on any atom is -0.480 e. The molecular formula is C12H11N3O2. The molecule has 0 saturated carbocycles. The summed E-state index contributed by atoms with van der Waals surface area (Å²) in [6.07, 6.45) is 3.38. The molecule has 0 N–H and O–H groups in total. The van der Waals surface area contributed by atoms with Gasteiger partial charge in [-0.2, -0.15) is 5.10 Å². The third kappa shape index (κ3) is 2.84. The zero-order chi connectivity index (χ0) is 12.1. The average molecular weight is 229 g/mol. The number of aromatic nitrogens is 3. The molecule has 0 fully saturated rings. The summed E-state index contributed by atoms with van der Waals surface area (Å²) in [6.45, 7) is 0. The first-order valence-corrected chi connectivity index (χ1v) is 5.09. The second kappa shape index (κ2) is 5.16. The predicted octanol–water partition coefficient (Wildman–Crippen LogP) is 1.31. The lowest BCUT2D eigenvalue weighted by Gasteiger charge is -2.01. The van der Waals surface area contributed by atoms with Gasteiger partial charge in [-0.05, 0) is 18.2 Å². The normalized spacial score (nSPS) is 9.94. The molecule has 86 valence electrons. The Hall–Kier alpha value is -2.30. The summed E-state index contributed by atoms with van der Waals surface area (Å²) in [7, 11) is 1.52. The summed E-state index contributed by atoms with van der Waals surface area (Å²) in [6, 6.07) is 6.86. The average Bonchev–Trinajstić information content (AvgIpc) is 2.40. The van der Waals surface area contributed by atoms with Crippen LogP contribution in [0.25, 0.3) is 0 Å². The monoisotopic (exact) mass is 229 g/mol. The maximum atomic E-state index is 11.8. The van der Waals surface area contributed by atoms with E-state index >= 15 is 0 Å². The highest BCUT2D eigenvalue weighted by Crippen LogP contribution is 2.07. The van der Waals surface area contributed by atoms with Crippen LogP contribution in [0.5, 0.6) is 5.88 Å². The number of carbonyl (C=O) groups excluding carboxylic acids is 1. The highest BCUT2D eigenvalue weighted by Gasteiger charge is 2.08. The Balaban J connectivity index is 2.08. The van der Waals surface area contributed by atoms with Crippen LogP contribution in [0, 0.1) is 0 Å². The molecule has 0 bridgehead atoms. The Labute approximate surface area is 98.5 Å². The Kier molecular flexibility index (Phi) is 3.40. The summed E-state index contributed by atoms with van der Waals surface area (Å²) in [5, 5.41) is 7.70. The van der Waals surface area contributed by atoms with Crippen molar-refractivity contribution in [1.29, 1.82) is 0 Å². The number of ether oxygens (including phenoxy) is 1. The van der Waals surface area contributed by atoms with E-state index < -0.39 is 0 Å². The topological polar surface area (TPSA) is 65.0 Å². The molecule has 0 aliphatic carbocycles. The third-order valence-corrected chi connectivity index (χ3v) is 2.23. The lowest BCUT2D eigenvalue weighted by atomic mass is 10.1. The summed E-state index contributed by atoms with van der Waals surface area (Å²) < 4.78 is 4.89. The molecule has 0 unspecified atom stereocenters. The molecule has 2 rings (SSSR count). The molecule has 2 heterocycles. The van der Waals surface area contributed by atoms with Crippen LogP contribution in [0.15, 0.2) is 36.7 Å². The van der Waals surface area contributed by atoms with Crippen molar-refractivity contribution in [3.63, 3.8) is 0 Å². The van der Waals surface area contributed by atoms with Crippen molar-refractivity contribution in [2.24, 2.45) is 0 Å². The first-order valence-electron chi connectivity index (χ1n) is 5.09. The third-order valence-electron chi connectivity index (χ3n) is 2.23. The molecule has 2 aromatic heterocycles. The fraction of sp³-hybridized carbons (Fsp3) is 0.167. The largest absolute Gasteiger partial charge is 0.480 e. The summed E-state index contributed by atoms with van der Waals surface area (Å²) in [5.74, 6) is 0.403. The molecular weight excluding hydrogens is 218 g/mol. The fourth-order valence-corrected chi connectivity index (χ4v) is 1.35. The highest BCUT2D eigenvalue weighted by molar-refractivity contribution is 5.96. The lowest BCUT2D eigenvalue weighted by molar-refractivity contribution is 0.0991. The van der Waals surface area contributed by atoms with Crippen LogP contribution in [0.4, 0.5) is 0 Å². The molecule has 0 atom stereocenters. The van der Waals surface area contributed by atoms with Gasteiger partial charge in [-0.1, -0.05) is 0 Å². The minimum atomic E-state index is -0.0300. The molecule has 17 heavy (non-hydrogen) atoms. The molecule has 0 saturated heterocycles. The second-order valence-corrected chi connectivity index (χ2v) is 3.41. The smallest absolute Gasteiger partial charge is 0.233 e. The van der Waals surface area contributed by atoms with Crippen LogP contribution in [0.3, 0.4) is 0 Å². The van der Waals surface area contributed by atoms with Crippen LogP contribution in [0.2, 0.25) is 0 Å². The van der Waals surface area contributed by atoms with Crippen molar-refractivity contribution in [1.82, 2.24) is 15.2 Å². The zero-order valence-electron chi connectivity index (χ0n) is 9.33. The number of rotatable bonds is 4. The van der Waals surface area contributed by atoms with E-state index in [1.165, 1.54) is 7.11 Å². The number of pyridine rings is 1. The van der Waals surface area contributed by atoms with Gasteiger partial charge in [0, 0.05) is 24.0 Å². The molecule has 5 heteroatoms. The van der Waals surface area contributed by atoms with E-state index in [2.05, 4.69) is 15.2 Å². The summed E-state index contributed by atoms with van der Waals surface area (Å²) >= 11 is 0. The molecule has 0 aliphatic heterocycles. The Morgan fingerprint density at radius 1 is 1.29 bits per heavy atom. The molecule has 2 aromatic rings. The Morgan fingerprint density at radius 3 is 2.76 bits per heavy atom. The van der Waals surface area contributed by atoms with E-state index in [1.54, 1.807) is 36.7 Å². The molecule has 0 aromatic carbocycles. The summed E-state index contributed by atoms with van der Waals surface area (Å²) in [4.78, 5) is 15.7. The van der Waals surface area contributed by atoms with Crippen LogP contribution >= 0.6 is 0 Å². The Bertz CT molecular complexity index is 497. The van der Waals surface area contributed by atoms with Crippen molar-refractivity contribution >= 4 is 5.78 Å². The van der Waals surface area contributed by atoms with Crippen molar-refractivity contribution in [3.05, 3.63) is 47.9 Å². The SMILES string of the molecule is COc1ccc(CC(=O)c2cccnc2)nn1. The molecule has 0 radical (unpaired) electrons. The van der Waals surface area contributed by atoms with Gasteiger partial charge in [-0.15, -0.1) is 5.10 Å². The molecule has 0 aliphatic rings. The standard InChI is InChI=1S/C12H11N3O2/c1-17-12-5-4-10(14-15-12)7-11(16)9-3-2-6-13-8-9/h2-6,8H,7H2,1H3. The van der Waals surface area contributed by atoms with Gasteiger partial charge < -0.3 is 4.74 Å². The molecule has 0 spiro atoms. The van der Waals surface area contributed by atoms with Crippen molar-refractivity contribution in [3.8, 4) is 5.88 Å². The van der Waals surface area contributed by atoms with Crippen molar-refractivity contribution < 1.29 is 9.53 Å². The van der Waals surface area contributed by atoms with Gasteiger partial charge >= 0.3 is 0 Å². The predicted molar refractivity (Wildman–Crippen MR) is 60.9 cm³/mol. The van der Waals surface area contributed by atoms with Gasteiger partial charge in [0.1, 0.15) is 0 Å².